The number of benzene rings is 1. The summed E-state index contributed by atoms with van der Waals surface area (Å²) in [5.41, 5.74) is 8.13. The molecule has 2 atom stereocenters. The number of halogens is 1. The first-order valence-corrected chi connectivity index (χ1v) is 6.36. The molecule has 1 aliphatic rings. The molecule has 0 saturated carbocycles. The normalized spacial score (nSPS) is 24.1. The van der Waals surface area contributed by atoms with Crippen molar-refractivity contribution in [2.24, 2.45) is 5.73 Å². The molecule has 0 aromatic heterocycles. The lowest BCUT2D eigenvalue weighted by Crippen LogP contribution is -2.47. The van der Waals surface area contributed by atoms with Gasteiger partial charge in [0.1, 0.15) is 0 Å². The maximum atomic E-state index is 11.0. The zero-order valence-electron chi connectivity index (χ0n) is 10.3. The highest BCUT2D eigenvalue weighted by Crippen LogP contribution is 2.29. The fourth-order valence-electron chi connectivity index (χ4n) is 2.34. The summed E-state index contributed by atoms with van der Waals surface area (Å²) >= 11 is 6.11. The fraction of sp³-hybridized carbons (Fsp3) is 0.462. The summed E-state index contributed by atoms with van der Waals surface area (Å²) in [6.45, 7) is 2.89. The summed E-state index contributed by atoms with van der Waals surface area (Å²) in [5, 5.41) is 9.75. The molecule has 2 unspecified atom stereocenters. The molecule has 1 saturated heterocycles. The van der Waals surface area contributed by atoms with Crippen LogP contribution >= 0.6 is 11.6 Å². The molecule has 3 N–H and O–H groups in total. The standard InChI is InChI=1S/C13H17ClN2O2/c1-8-2-3-9(6-11(8)14)10-7-16(13(17)18)5-4-12(10)15/h2-3,6,10,12H,4-5,7,15H2,1H3,(H,17,18). The molecule has 0 bridgehead atoms. The van der Waals surface area contributed by atoms with Gasteiger partial charge in [-0.1, -0.05) is 23.7 Å². The molecular weight excluding hydrogens is 252 g/mol. The van der Waals surface area contributed by atoms with Crippen LogP contribution in [0.4, 0.5) is 4.79 Å². The highest BCUT2D eigenvalue weighted by molar-refractivity contribution is 6.31. The van der Waals surface area contributed by atoms with Crippen molar-refractivity contribution in [2.45, 2.75) is 25.3 Å². The second-order valence-corrected chi connectivity index (χ2v) is 5.20. The van der Waals surface area contributed by atoms with Gasteiger partial charge in [0.15, 0.2) is 0 Å². The predicted octanol–water partition coefficient (Wildman–Crippen LogP) is 2.44. The zero-order chi connectivity index (χ0) is 13.3. The quantitative estimate of drug-likeness (QED) is 0.822. The molecule has 5 heteroatoms. The molecule has 1 aromatic rings. The van der Waals surface area contributed by atoms with E-state index in [1.165, 1.54) is 4.90 Å². The summed E-state index contributed by atoms with van der Waals surface area (Å²) in [6, 6.07) is 5.81. The molecule has 1 aliphatic heterocycles. The van der Waals surface area contributed by atoms with Gasteiger partial charge in [0.25, 0.3) is 0 Å². The maximum Gasteiger partial charge on any atom is 0.407 e. The summed E-state index contributed by atoms with van der Waals surface area (Å²) in [6.07, 6.45) is -0.201. The lowest BCUT2D eigenvalue weighted by molar-refractivity contribution is 0.126. The monoisotopic (exact) mass is 268 g/mol. The van der Waals surface area contributed by atoms with Crippen molar-refractivity contribution in [2.75, 3.05) is 13.1 Å². The van der Waals surface area contributed by atoms with E-state index in [1.807, 2.05) is 25.1 Å². The molecule has 4 nitrogen and oxygen atoms in total. The third-order valence-corrected chi connectivity index (χ3v) is 3.97. The molecule has 18 heavy (non-hydrogen) atoms. The van der Waals surface area contributed by atoms with Crippen molar-refractivity contribution in [1.29, 1.82) is 0 Å². The molecule has 98 valence electrons. The SMILES string of the molecule is Cc1ccc(C2CN(C(=O)O)CCC2N)cc1Cl. The Morgan fingerprint density at radius 1 is 1.56 bits per heavy atom. The molecule has 1 aromatic carbocycles. The number of hydrogen-bond donors (Lipinski definition) is 2. The van der Waals surface area contributed by atoms with Gasteiger partial charge in [-0.2, -0.15) is 0 Å². The number of aryl methyl sites for hydroxylation is 1. The molecule has 1 fully saturated rings. The van der Waals surface area contributed by atoms with Crippen molar-refractivity contribution in [3.8, 4) is 0 Å². The minimum Gasteiger partial charge on any atom is -0.465 e. The molecule has 1 amide bonds. The first kappa shape index (κ1) is 13.2. The van der Waals surface area contributed by atoms with Gasteiger partial charge in [-0.25, -0.2) is 4.79 Å². The Bertz CT molecular complexity index is 464. The second-order valence-electron chi connectivity index (χ2n) is 4.80. The Kier molecular flexibility index (Phi) is 3.78. The number of hydrogen-bond acceptors (Lipinski definition) is 2. The second kappa shape index (κ2) is 5.16. The number of nitrogens with two attached hydrogens (primary N) is 1. The summed E-state index contributed by atoms with van der Waals surface area (Å²) in [7, 11) is 0. The minimum absolute atomic E-state index is 0.0145. The number of carbonyl (C=O) groups is 1. The van der Waals surface area contributed by atoms with Crippen LogP contribution in [-0.4, -0.2) is 35.2 Å². The highest BCUT2D eigenvalue weighted by Gasteiger charge is 2.30. The maximum absolute atomic E-state index is 11.0. The van der Waals surface area contributed by atoms with Crippen molar-refractivity contribution in [3.05, 3.63) is 34.3 Å². The van der Waals surface area contributed by atoms with Gasteiger partial charge in [0.05, 0.1) is 0 Å². The van der Waals surface area contributed by atoms with E-state index in [1.54, 1.807) is 0 Å². The van der Waals surface area contributed by atoms with Crippen LogP contribution in [-0.2, 0) is 0 Å². The smallest absolute Gasteiger partial charge is 0.407 e. The van der Waals surface area contributed by atoms with Crippen LogP contribution in [0.3, 0.4) is 0 Å². The van der Waals surface area contributed by atoms with E-state index >= 15 is 0 Å². The largest absolute Gasteiger partial charge is 0.465 e. The average Bonchev–Trinajstić information content (AvgIpc) is 2.33. The van der Waals surface area contributed by atoms with Crippen LogP contribution < -0.4 is 5.73 Å². The van der Waals surface area contributed by atoms with Crippen molar-refractivity contribution < 1.29 is 9.90 Å². The third kappa shape index (κ3) is 2.60. The lowest BCUT2D eigenvalue weighted by Gasteiger charge is -2.35. The first-order chi connectivity index (χ1) is 8.49. The van der Waals surface area contributed by atoms with E-state index in [2.05, 4.69) is 0 Å². The van der Waals surface area contributed by atoms with Gasteiger partial charge < -0.3 is 15.7 Å². The van der Waals surface area contributed by atoms with Gasteiger partial charge in [-0.3, -0.25) is 0 Å². The van der Waals surface area contributed by atoms with Crippen LogP contribution in [0.15, 0.2) is 18.2 Å². The highest BCUT2D eigenvalue weighted by atomic mass is 35.5. The summed E-state index contributed by atoms with van der Waals surface area (Å²) in [5.74, 6) is 0.0212. The van der Waals surface area contributed by atoms with E-state index < -0.39 is 6.09 Å². The first-order valence-electron chi connectivity index (χ1n) is 5.98. The van der Waals surface area contributed by atoms with Crippen LogP contribution in [0.2, 0.25) is 5.02 Å². The van der Waals surface area contributed by atoms with Gasteiger partial charge in [0.2, 0.25) is 0 Å². The van der Waals surface area contributed by atoms with E-state index in [-0.39, 0.29) is 12.0 Å². The van der Waals surface area contributed by atoms with Crippen LogP contribution in [0, 0.1) is 6.92 Å². The molecule has 1 heterocycles. The van der Waals surface area contributed by atoms with Gasteiger partial charge in [0, 0.05) is 30.1 Å². The predicted molar refractivity (Wildman–Crippen MR) is 71.1 cm³/mol. The minimum atomic E-state index is -0.884. The number of likely N-dealkylation sites (tertiary alicyclic amines) is 1. The van der Waals surface area contributed by atoms with Crippen LogP contribution in [0.1, 0.15) is 23.5 Å². The van der Waals surface area contributed by atoms with Crippen molar-refractivity contribution >= 4 is 17.7 Å². The van der Waals surface area contributed by atoms with Crippen LogP contribution in [0.25, 0.3) is 0 Å². The topological polar surface area (TPSA) is 66.6 Å². The Morgan fingerprint density at radius 2 is 2.28 bits per heavy atom. The number of carboxylic acid groups (broad SMARTS) is 1. The molecule has 0 radical (unpaired) electrons. The third-order valence-electron chi connectivity index (χ3n) is 3.56. The summed E-state index contributed by atoms with van der Waals surface area (Å²) < 4.78 is 0. The van der Waals surface area contributed by atoms with E-state index in [0.717, 1.165) is 11.1 Å². The molecule has 0 spiro atoms. The molecule has 0 aliphatic carbocycles. The summed E-state index contributed by atoms with van der Waals surface area (Å²) in [4.78, 5) is 12.4. The van der Waals surface area contributed by atoms with E-state index in [4.69, 9.17) is 22.4 Å². The van der Waals surface area contributed by atoms with Gasteiger partial charge >= 0.3 is 6.09 Å². The van der Waals surface area contributed by atoms with E-state index in [0.29, 0.717) is 24.5 Å². The fourth-order valence-corrected chi connectivity index (χ4v) is 2.53. The number of piperidine rings is 1. The number of rotatable bonds is 1. The van der Waals surface area contributed by atoms with Gasteiger partial charge in [-0.05, 0) is 30.5 Å². The Morgan fingerprint density at radius 3 is 2.89 bits per heavy atom. The Labute approximate surface area is 111 Å². The molecule has 2 rings (SSSR count). The number of nitrogens with zero attached hydrogens (tertiary/aromatic N) is 1. The lowest BCUT2D eigenvalue weighted by atomic mass is 9.86. The van der Waals surface area contributed by atoms with Gasteiger partial charge in [-0.15, -0.1) is 0 Å². The Hall–Kier alpha value is -1.26. The number of amides is 1. The molecular formula is C13H17ClN2O2. The zero-order valence-corrected chi connectivity index (χ0v) is 11.0. The van der Waals surface area contributed by atoms with E-state index in [9.17, 15) is 4.79 Å². The van der Waals surface area contributed by atoms with Crippen LogP contribution in [0.5, 0.6) is 0 Å². The van der Waals surface area contributed by atoms with Crippen molar-refractivity contribution in [3.63, 3.8) is 0 Å². The van der Waals surface area contributed by atoms with Crippen molar-refractivity contribution in [1.82, 2.24) is 4.90 Å². The average molecular weight is 269 g/mol. The Balaban J connectivity index is 2.24.